The molecule has 0 aliphatic carbocycles. The van der Waals surface area contributed by atoms with Crippen LogP contribution in [0, 0.1) is 0 Å². The van der Waals surface area contributed by atoms with Crippen LogP contribution in [0.15, 0.2) is 0 Å². The van der Waals surface area contributed by atoms with E-state index in [0.717, 1.165) is 0 Å². The van der Waals surface area contributed by atoms with Gasteiger partial charge in [0.2, 0.25) is 17.7 Å². The van der Waals surface area contributed by atoms with Crippen LogP contribution in [0.3, 0.4) is 0 Å². The largest absolute Gasteiger partial charge is 0.480 e. The highest BCUT2D eigenvalue weighted by molar-refractivity contribution is 5.99. The van der Waals surface area contributed by atoms with Gasteiger partial charge in [-0.2, -0.15) is 0 Å². The molecule has 3 amide bonds. The van der Waals surface area contributed by atoms with E-state index in [2.05, 4.69) is 5.32 Å². The van der Waals surface area contributed by atoms with Crippen LogP contribution in [0.25, 0.3) is 0 Å². The minimum atomic E-state index is -1.08. The van der Waals surface area contributed by atoms with Crippen molar-refractivity contribution in [1.29, 1.82) is 0 Å². The number of piperazine rings is 1. The number of rotatable bonds is 7. The molecule has 1 aliphatic heterocycles. The molecule has 0 aromatic heterocycles. The highest BCUT2D eigenvalue weighted by Crippen LogP contribution is 2.05. The Kier molecular flexibility index (Phi) is 5.59. The number of imide groups is 1. The fourth-order valence-corrected chi connectivity index (χ4v) is 2.06. The van der Waals surface area contributed by atoms with E-state index < -0.39 is 23.7 Å². The molecule has 1 rings (SSSR count). The maximum atomic E-state index is 11.3. The van der Waals surface area contributed by atoms with Crippen LogP contribution in [-0.2, 0) is 19.2 Å². The highest BCUT2D eigenvalue weighted by atomic mass is 16.4. The normalized spacial score (nSPS) is 17.9. The quantitative estimate of drug-likeness (QED) is 0.431. The smallest absolute Gasteiger partial charge is 0.317 e. The Morgan fingerprint density at radius 2 is 1.90 bits per heavy atom. The van der Waals surface area contributed by atoms with E-state index in [1.54, 1.807) is 11.8 Å². The molecule has 112 valence electrons. The van der Waals surface area contributed by atoms with Gasteiger partial charge < -0.3 is 10.8 Å². The molecule has 1 atom stereocenters. The molecule has 0 spiro atoms. The summed E-state index contributed by atoms with van der Waals surface area (Å²) in [5, 5.41) is 11.0. The number of amides is 3. The number of nitrogens with one attached hydrogen (secondary N) is 1. The summed E-state index contributed by atoms with van der Waals surface area (Å²) in [7, 11) is 0. The lowest BCUT2D eigenvalue weighted by molar-refractivity contribution is -0.141. The first-order chi connectivity index (χ1) is 9.27. The molecule has 0 bridgehead atoms. The van der Waals surface area contributed by atoms with Crippen LogP contribution in [-0.4, -0.2) is 77.4 Å². The van der Waals surface area contributed by atoms with Crippen molar-refractivity contribution in [2.75, 3.05) is 32.7 Å². The second kappa shape index (κ2) is 6.96. The first-order valence-corrected chi connectivity index (χ1v) is 6.07. The van der Waals surface area contributed by atoms with Crippen molar-refractivity contribution >= 4 is 23.7 Å². The van der Waals surface area contributed by atoms with Gasteiger partial charge in [-0.15, -0.1) is 0 Å². The number of nitrogens with two attached hydrogens (primary N) is 1. The molecule has 0 aromatic carbocycles. The zero-order valence-corrected chi connectivity index (χ0v) is 11.2. The Balaban J connectivity index is 2.61. The van der Waals surface area contributed by atoms with E-state index in [0.29, 0.717) is 0 Å². The first kappa shape index (κ1) is 16.1. The summed E-state index contributed by atoms with van der Waals surface area (Å²) in [6, 6.07) is -0.260. The minimum Gasteiger partial charge on any atom is -0.480 e. The van der Waals surface area contributed by atoms with E-state index in [1.165, 1.54) is 4.90 Å². The van der Waals surface area contributed by atoms with Crippen molar-refractivity contribution in [2.24, 2.45) is 5.73 Å². The third kappa shape index (κ3) is 5.33. The second-order valence-corrected chi connectivity index (χ2v) is 4.76. The molecule has 1 fully saturated rings. The number of aliphatic carboxylic acids is 1. The number of carbonyl (C=O) groups excluding carboxylic acids is 3. The van der Waals surface area contributed by atoms with E-state index in [9.17, 15) is 19.2 Å². The molecular formula is C11H18N4O5. The van der Waals surface area contributed by atoms with Crippen molar-refractivity contribution in [2.45, 2.75) is 13.0 Å². The van der Waals surface area contributed by atoms with Gasteiger partial charge in [-0.3, -0.25) is 34.3 Å². The molecule has 20 heavy (non-hydrogen) atoms. The van der Waals surface area contributed by atoms with E-state index >= 15 is 0 Å². The Bertz CT molecular complexity index is 393. The van der Waals surface area contributed by atoms with Gasteiger partial charge >= 0.3 is 5.97 Å². The second-order valence-electron chi connectivity index (χ2n) is 4.76. The number of carbonyl (C=O) groups is 4. The molecule has 4 N–H and O–H groups in total. The summed E-state index contributed by atoms with van der Waals surface area (Å²) in [5.74, 6) is -2.50. The Morgan fingerprint density at radius 3 is 2.35 bits per heavy atom. The number of hydrogen-bond acceptors (Lipinski definition) is 6. The lowest BCUT2D eigenvalue weighted by Crippen LogP contribution is -2.56. The number of carboxylic acids is 1. The van der Waals surface area contributed by atoms with Gasteiger partial charge in [-0.25, -0.2) is 0 Å². The Labute approximate surface area is 115 Å². The van der Waals surface area contributed by atoms with Crippen molar-refractivity contribution in [3.05, 3.63) is 0 Å². The summed E-state index contributed by atoms with van der Waals surface area (Å²) in [5.41, 5.74) is 5.06. The fraction of sp³-hybridized carbons (Fsp3) is 0.636. The molecule has 1 aliphatic rings. The van der Waals surface area contributed by atoms with Crippen molar-refractivity contribution in [1.82, 2.24) is 15.1 Å². The summed E-state index contributed by atoms with van der Waals surface area (Å²) in [6.45, 7) is 1.57. The molecule has 0 aromatic rings. The van der Waals surface area contributed by atoms with Crippen LogP contribution >= 0.6 is 0 Å². The van der Waals surface area contributed by atoms with Crippen molar-refractivity contribution in [3.63, 3.8) is 0 Å². The van der Waals surface area contributed by atoms with E-state index in [-0.39, 0.29) is 38.8 Å². The standard InChI is InChI=1S/C11H18N4O5/c1-7(15-4-9(17)13-10(18)5-15)2-14(3-8(12)16)6-11(19)20/h7H,2-6H2,1H3,(H2,12,16)(H,19,20)(H,13,17,18)/t7-/m1/s1. The highest BCUT2D eigenvalue weighted by Gasteiger charge is 2.27. The monoisotopic (exact) mass is 286 g/mol. The van der Waals surface area contributed by atoms with Crippen LogP contribution in [0.1, 0.15) is 6.92 Å². The maximum Gasteiger partial charge on any atom is 0.317 e. The number of carboxylic acid groups (broad SMARTS) is 1. The maximum absolute atomic E-state index is 11.3. The predicted molar refractivity (Wildman–Crippen MR) is 67.5 cm³/mol. The Hall–Kier alpha value is -2.00. The average Bonchev–Trinajstić information content (AvgIpc) is 2.25. The zero-order chi connectivity index (χ0) is 15.3. The molecule has 9 nitrogen and oxygen atoms in total. The zero-order valence-electron chi connectivity index (χ0n) is 11.2. The third-order valence-corrected chi connectivity index (χ3v) is 2.86. The Morgan fingerprint density at radius 1 is 1.35 bits per heavy atom. The van der Waals surface area contributed by atoms with Gasteiger partial charge in [0.15, 0.2) is 0 Å². The summed E-state index contributed by atoms with van der Waals surface area (Å²) < 4.78 is 0. The topological polar surface area (TPSA) is 133 Å². The van der Waals surface area contributed by atoms with E-state index in [4.69, 9.17) is 10.8 Å². The minimum absolute atomic E-state index is 0.0599. The summed E-state index contributed by atoms with van der Waals surface area (Å²) in [6.07, 6.45) is 0. The number of nitrogens with zero attached hydrogens (tertiary/aromatic N) is 2. The number of primary amides is 1. The van der Waals surface area contributed by atoms with Gasteiger partial charge in [0.1, 0.15) is 0 Å². The summed E-state index contributed by atoms with van der Waals surface area (Å²) >= 11 is 0. The lowest BCUT2D eigenvalue weighted by atomic mass is 10.2. The molecule has 9 heteroatoms. The SMILES string of the molecule is C[C@H](CN(CC(N)=O)CC(=O)O)N1CC(=O)NC(=O)C1. The van der Waals surface area contributed by atoms with Gasteiger partial charge in [-0.05, 0) is 6.92 Å². The molecule has 0 saturated carbocycles. The van der Waals surface area contributed by atoms with Gasteiger partial charge in [0.25, 0.3) is 0 Å². The van der Waals surface area contributed by atoms with Gasteiger partial charge in [0.05, 0.1) is 26.2 Å². The fourth-order valence-electron chi connectivity index (χ4n) is 2.06. The van der Waals surface area contributed by atoms with Crippen LogP contribution in [0.4, 0.5) is 0 Å². The first-order valence-electron chi connectivity index (χ1n) is 6.07. The summed E-state index contributed by atoms with van der Waals surface area (Å²) in [4.78, 5) is 47.2. The average molecular weight is 286 g/mol. The van der Waals surface area contributed by atoms with Crippen LogP contribution < -0.4 is 11.1 Å². The van der Waals surface area contributed by atoms with Crippen LogP contribution in [0.5, 0.6) is 0 Å². The number of hydrogen-bond donors (Lipinski definition) is 3. The molecule has 0 unspecified atom stereocenters. The third-order valence-electron chi connectivity index (χ3n) is 2.86. The molecule has 1 heterocycles. The molecular weight excluding hydrogens is 268 g/mol. The molecule has 1 saturated heterocycles. The van der Waals surface area contributed by atoms with E-state index in [1.807, 2.05) is 0 Å². The predicted octanol–water partition coefficient (Wildman–Crippen LogP) is -2.79. The van der Waals surface area contributed by atoms with Gasteiger partial charge in [0, 0.05) is 12.6 Å². The van der Waals surface area contributed by atoms with Crippen LogP contribution in [0.2, 0.25) is 0 Å². The molecule has 0 radical (unpaired) electrons. The van der Waals surface area contributed by atoms with Crippen molar-refractivity contribution in [3.8, 4) is 0 Å². The van der Waals surface area contributed by atoms with Crippen molar-refractivity contribution < 1.29 is 24.3 Å². The van der Waals surface area contributed by atoms with Gasteiger partial charge in [-0.1, -0.05) is 0 Å². The lowest BCUT2D eigenvalue weighted by Gasteiger charge is -2.33.